The van der Waals surface area contributed by atoms with Crippen LogP contribution in [0.5, 0.6) is 0 Å². The van der Waals surface area contributed by atoms with E-state index >= 15 is 0 Å². The van der Waals surface area contributed by atoms with Crippen molar-refractivity contribution >= 4 is 17.9 Å². The summed E-state index contributed by atoms with van der Waals surface area (Å²) in [4.78, 5) is 26.3. The molecule has 0 radical (unpaired) electrons. The molecule has 0 saturated carbocycles. The predicted octanol–water partition coefficient (Wildman–Crippen LogP) is 1.58. The zero-order valence-corrected chi connectivity index (χ0v) is 7.73. The topological polar surface area (TPSA) is 46.5 Å². The van der Waals surface area contributed by atoms with Gasteiger partial charge in [0.15, 0.2) is 0 Å². The van der Waals surface area contributed by atoms with Gasteiger partial charge in [-0.3, -0.25) is 9.59 Å². The first kappa shape index (κ1) is 8.81. The Morgan fingerprint density at radius 3 is 2.79 bits per heavy atom. The molecule has 1 aliphatic rings. The van der Waals surface area contributed by atoms with Crippen LogP contribution in [-0.4, -0.2) is 17.9 Å². The van der Waals surface area contributed by atoms with Gasteiger partial charge in [0.1, 0.15) is 5.78 Å². The van der Waals surface area contributed by atoms with E-state index in [1.54, 1.807) is 18.2 Å². The Morgan fingerprint density at radius 2 is 2.07 bits per heavy atom. The van der Waals surface area contributed by atoms with Crippen LogP contribution in [0.1, 0.15) is 28.8 Å². The number of amides is 1. The maximum atomic E-state index is 11.3. The van der Waals surface area contributed by atoms with Crippen molar-refractivity contribution in [3.63, 3.8) is 0 Å². The first-order chi connectivity index (χ1) is 6.70. The summed E-state index contributed by atoms with van der Waals surface area (Å²) in [6.45, 7) is 1.50. The normalized spacial score (nSPS) is 19.2. The Balaban J connectivity index is 2.58. The summed E-state index contributed by atoms with van der Waals surface area (Å²) < 4.78 is 0. The Bertz CT molecular complexity index is 435. The van der Waals surface area contributed by atoms with Crippen LogP contribution in [0.3, 0.4) is 0 Å². The Labute approximate surface area is 81.5 Å². The average Bonchev–Trinajstić information content (AvgIpc) is 2.18. The van der Waals surface area contributed by atoms with Crippen molar-refractivity contribution in [3.05, 3.63) is 35.4 Å². The minimum Gasteiger partial charge on any atom is -0.299 e. The lowest BCUT2D eigenvalue weighted by Crippen LogP contribution is -2.19. The van der Waals surface area contributed by atoms with Crippen LogP contribution >= 0.6 is 0 Å². The minimum absolute atomic E-state index is 0.00806. The first-order valence-corrected chi connectivity index (χ1v) is 4.38. The number of Topliss-reactive ketones (excluding diaryl/α,β-unsaturated/α-hetero) is 1. The van der Waals surface area contributed by atoms with E-state index in [-0.39, 0.29) is 17.6 Å². The number of hydrogen-bond donors (Lipinski definition) is 0. The zero-order chi connectivity index (χ0) is 10.1. The zero-order valence-electron chi connectivity index (χ0n) is 7.73. The number of benzene rings is 1. The summed E-state index contributed by atoms with van der Waals surface area (Å²) in [5.41, 5.74) is 1.30. The monoisotopic (exact) mass is 187 g/mol. The van der Waals surface area contributed by atoms with E-state index in [4.69, 9.17) is 0 Å². The maximum absolute atomic E-state index is 11.3. The number of aliphatic imine (C=N–C) groups is 1. The summed E-state index contributed by atoms with van der Waals surface area (Å²) in [6.07, 6.45) is 1.42. The van der Waals surface area contributed by atoms with Gasteiger partial charge in [-0.1, -0.05) is 18.2 Å². The number of hydrogen-bond acceptors (Lipinski definition) is 2. The van der Waals surface area contributed by atoms with E-state index in [9.17, 15) is 9.59 Å². The van der Waals surface area contributed by atoms with E-state index in [0.717, 1.165) is 5.56 Å². The summed E-state index contributed by atoms with van der Waals surface area (Å²) in [5, 5.41) is 0. The quantitative estimate of drug-likeness (QED) is 0.670. The van der Waals surface area contributed by atoms with Gasteiger partial charge in [0.25, 0.3) is 5.91 Å². The fraction of sp³-hybridized carbons (Fsp3) is 0.182. The van der Waals surface area contributed by atoms with Gasteiger partial charge in [0.2, 0.25) is 0 Å². The number of nitrogens with zero attached hydrogens (tertiary/aromatic N) is 1. The van der Waals surface area contributed by atoms with E-state index in [1.165, 1.54) is 13.1 Å². The number of ketones is 1. The van der Waals surface area contributed by atoms with E-state index in [1.807, 2.05) is 6.07 Å². The number of carbonyl (C=O) groups is 2. The highest BCUT2D eigenvalue weighted by Crippen LogP contribution is 2.24. The van der Waals surface area contributed by atoms with Crippen molar-refractivity contribution in [2.24, 2.45) is 4.99 Å². The van der Waals surface area contributed by atoms with Gasteiger partial charge in [-0.15, -0.1) is 0 Å². The van der Waals surface area contributed by atoms with Crippen molar-refractivity contribution in [2.45, 2.75) is 12.8 Å². The molecule has 0 bridgehead atoms. The highest BCUT2D eigenvalue weighted by atomic mass is 16.1. The van der Waals surface area contributed by atoms with Gasteiger partial charge in [-0.05, 0) is 18.6 Å². The molecule has 1 aromatic carbocycles. The summed E-state index contributed by atoms with van der Waals surface area (Å²) in [5.74, 6) is -0.615. The predicted molar refractivity (Wildman–Crippen MR) is 52.7 cm³/mol. The fourth-order valence-electron chi connectivity index (χ4n) is 1.58. The van der Waals surface area contributed by atoms with Crippen LogP contribution in [0.15, 0.2) is 29.3 Å². The maximum Gasteiger partial charge on any atom is 0.276 e. The standard InChI is InChI=1S/C11H9NO2/c1-7(13)10-6-12-11(14)9-5-3-2-4-8(9)10/h2-6,10H,1H3. The molecule has 0 aromatic heterocycles. The molecule has 1 amide bonds. The minimum atomic E-state index is -0.358. The summed E-state index contributed by atoms with van der Waals surface area (Å²) >= 11 is 0. The van der Waals surface area contributed by atoms with Gasteiger partial charge >= 0.3 is 0 Å². The third-order valence-corrected chi connectivity index (χ3v) is 2.31. The second-order valence-electron chi connectivity index (χ2n) is 3.26. The van der Waals surface area contributed by atoms with Crippen LogP contribution in [0.4, 0.5) is 0 Å². The van der Waals surface area contributed by atoms with Gasteiger partial charge in [-0.25, -0.2) is 4.99 Å². The van der Waals surface area contributed by atoms with Crippen LogP contribution < -0.4 is 0 Å². The van der Waals surface area contributed by atoms with Crippen molar-refractivity contribution in [3.8, 4) is 0 Å². The van der Waals surface area contributed by atoms with E-state index in [2.05, 4.69) is 4.99 Å². The Kier molecular flexibility index (Phi) is 2.00. The molecule has 0 fully saturated rings. The highest BCUT2D eigenvalue weighted by Gasteiger charge is 2.24. The van der Waals surface area contributed by atoms with Crippen LogP contribution in [0.25, 0.3) is 0 Å². The van der Waals surface area contributed by atoms with Crippen molar-refractivity contribution in [1.29, 1.82) is 0 Å². The molecule has 1 atom stereocenters. The van der Waals surface area contributed by atoms with E-state index < -0.39 is 0 Å². The smallest absolute Gasteiger partial charge is 0.276 e. The van der Waals surface area contributed by atoms with Crippen LogP contribution in [-0.2, 0) is 4.79 Å². The number of rotatable bonds is 1. The molecule has 3 nitrogen and oxygen atoms in total. The summed E-state index contributed by atoms with van der Waals surface area (Å²) in [6, 6.07) is 7.09. The van der Waals surface area contributed by atoms with Crippen molar-refractivity contribution in [2.75, 3.05) is 0 Å². The van der Waals surface area contributed by atoms with E-state index in [0.29, 0.717) is 5.56 Å². The second-order valence-corrected chi connectivity index (χ2v) is 3.26. The van der Waals surface area contributed by atoms with Crippen molar-refractivity contribution < 1.29 is 9.59 Å². The molecule has 14 heavy (non-hydrogen) atoms. The molecular formula is C11H9NO2. The highest BCUT2D eigenvalue weighted by molar-refractivity contribution is 6.11. The fourth-order valence-corrected chi connectivity index (χ4v) is 1.58. The Hall–Kier alpha value is -1.77. The third kappa shape index (κ3) is 1.27. The molecule has 0 spiro atoms. The largest absolute Gasteiger partial charge is 0.299 e. The SMILES string of the molecule is CC(=O)C1C=NC(=O)c2ccccc21. The molecule has 1 heterocycles. The van der Waals surface area contributed by atoms with Gasteiger partial charge in [-0.2, -0.15) is 0 Å². The molecule has 1 unspecified atom stereocenters. The first-order valence-electron chi connectivity index (χ1n) is 4.38. The van der Waals surface area contributed by atoms with Gasteiger partial charge < -0.3 is 0 Å². The Morgan fingerprint density at radius 1 is 1.36 bits per heavy atom. The molecule has 0 aliphatic carbocycles. The van der Waals surface area contributed by atoms with Crippen LogP contribution in [0.2, 0.25) is 0 Å². The lowest BCUT2D eigenvalue weighted by molar-refractivity contribution is -0.116. The summed E-state index contributed by atoms with van der Waals surface area (Å²) in [7, 11) is 0. The molecule has 3 heteroatoms. The van der Waals surface area contributed by atoms with Crippen LogP contribution in [0, 0.1) is 0 Å². The molecular weight excluding hydrogens is 178 g/mol. The van der Waals surface area contributed by atoms with Gasteiger partial charge in [0, 0.05) is 11.8 Å². The molecule has 1 aliphatic heterocycles. The third-order valence-electron chi connectivity index (χ3n) is 2.31. The molecule has 2 rings (SSSR count). The molecule has 70 valence electrons. The lowest BCUT2D eigenvalue weighted by Gasteiger charge is -2.15. The molecule has 0 saturated heterocycles. The number of fused-ring (bicyclic) bond motifs is 1. The molecule has 0 N–H and O–H groups in total. The number of carbonyl (C=O) groups excluding carboxylic acids is 2. The lowest BCUT2D eigenvalue weighted by atomic mass is 9.90. The van der Waals surface area contributed by atoms with Gasteiger partial charge in [0.05, 0.1) is 5.92 Å². The second kappa shape index (κ2) is 3.18. The van der Waals surface area contributed by atoms with Crippen molar-refractivity contribution in [1.82, 2.24) is 0 Å². The average molecular weight is 187 g/mol. The molecule has 1 aromatic rings.